The van der Waals surface area contributed by atoms with Crippen LogP contribution in [0.1, 0.15) is 36.2 Å². The molecule has 6 heteroatoms. The van der Waals surface area contributed by atoms with Crippen LogP contribution in [0, 0.1) is 0 Å². The van der Waals surface area contributed by atoms with Gasteiger partial charge in [-0.05, 0) is 19.3 Å². The first-order valence-corrected chi connectivity index (χ1v) is 8.26. The van der Waals surface area contributed by atoms with Gasteiger partial charge in [-0.2, -0.15) is 16.7 Å². The van der Waals surface area contributed by atoms with Crippen molar-refractivity contribution in [2.24, 2.45) is 5.73 Å². The van der Waals surface area contributed by atoms with Crippen molar-refractivity contribution in [3.05, 3.63) is 11.7 Å². The van der Waals surface area contributed by atoms with Crippen molar-refractivity contribution in [1.29, 1.82) is 0 Å². The zero-order chi connectivity index (χ0) is 11.7. The van der Waals surface area contributed by atoms with E-state index in [0.29, 0.717) is 5.25 Å². The van der Waals surface area contributed by atoms with Crippen LogP contribution < -0.4 is 5.73 Å². The number of thioether (sulfide) groups is 2. The molecule has 0 spiro atoms. The maximum Gasteiger partial charge on any atom is 0.228 e. The lowest BCUT2D eigenvalue weighted by molar-refractivity contribution is 0.221. The SMILES string of the molecule is NC1(Cc2nc(C3CSCCS3)no2)CCC1. The van der Waals surface area contributed by atoms with Crippen molar-refractivity contribution in [3.63, 3.8) is 0 Å². The Kier molecular flexibility index (Phi) is 3.36. The van der Waals surface area contributed by atoms with Crippen molar-refractivity contribution < 1.29 is 4.52 Å². The van der Waals surface area contributed by atoms with E-state index in [2.05, 4.69) is 10.1 Å². The van der Waals surface area contributed by atoms with E-state index >= 15 is 0 Å². The summed E-state index contributed by atoms with van der Waals surface area (Å²) in [5, 5.41) is 4.51. The summed E-state index contributed by atoms with van der Waals surface area (Å²) in [6.07, 6.45) is 4.13. The molecule has 1 aromatic rings. The van der Waals surface area contributed by atoms with E-state index in [-0.39, 0.29) is 5.54 Å². The summed E-state index contributed by atoms with van der Waals surface area (Å²) >= 11 is 3.90. The van der Waals surface area contributed by atoms with Gasteiger partial charge in [-0.15, -0.1) is 11.8 Å². The molecule has 1 aliphatic carbocycles. The minimum absolute atomic E-state index is 0.0712. The second kappa shape index (κ2) is 4.82. The highest BCUT2D eigenvalue weighted by Gasteiger charge is 2.35. The largest absolute Gasteiger partial charge is 0.339 e. The van der Waals surface area contributed by atoms with Crippen LogP contribution >= 0.6 is 23.5 Å². The molecule has 0 aromatic carbocycles. The van der Waals surface area contributed by atoms with Crippen LogP contribution in [0.2, 0.25) is 0 Å². The normalized spacial score (nSPS) is 27.7. The zero-order valence-corrected chi connectivity index (χ0v) is 11.4. The molecule has 4 nitrogen and oxygen atoms in total. The molecule has 0 bridgehead atoms. The first-order valence-electron chi connectivity index (χ1n) is 6.06. The maximum absolute atomic E-state index is 6.19. The topological polar surface area (TPSA) is 64.9 Å². The van der Waals surface area contributed by atoms with Crippen LogP contribution in [0.5, 0.6) is 0 Å². The number of rotatable bonds is 3. The highest BCUT2D eigenvalue weighted by Crippen LogP contribution is 2.36. The van der Waals surface area contributed by atoms with E-state index in [1.165, 1.54) is 17.9 Å². The van der Waals surface area contributed by atoms with Crippen molar-refractivity contribution in [3.8, 4) is 0 Å². The van der Waals surface area contributed by atoms with Crippen molar-refractivity contribution in [2.75, 3.05) is 17.3 Å². The molecule has 1 atom stereocenters. The van der Waals surface area contributed by atoms with Gasteiger partial charge in [0.1, 0.15) is 0 Å². The fourth-order valence-electron chi connectivity index (χ4n) is 2.22. The van der Waals surface area contributed by atoms with Crippen molar-refractivity contribution >= 4 is 23.5 Å². The van der Waals surface area contributed by atoms with E-state index in [4.69, 9.17) is 10.3 Å². The Balaban J connectivity index is 1.65. The fraction of sp³-hybridized carbons (Fsp3) is 0.818. The molecule has 1 unspecified atom stereocenters. The maximum atomic E-state index is 6.19. The first-order chi connectivity index (χ1) is 8.25. The number of hydrogen-bond donors (Lipinski definition) is 1. The van der Waals surface area contributed by atoms with Crippen LogP contribution in [0.4, 0.5) is 0 Å². The monoisotopic (exact) mass is 271 g/mol. The smallest absolute Gasteiger partial charge is 0.228 e. The summed E-state index contributed by atoms with van der Waals surface area (Å²) in [7, 11) is 0. The molecule has 2 fully saturated rings. The molecule has 3 rings (SSSR count). The minimum Gasteiger partial charge on any atom is -0.339 e. The van der Waals surface area contributed by atoms with Gasteiger partial charge in [-0.3, -0.25) is 0 Å². The molecule has 2 N–H and O–H groups in total. The summed E-state index contributed by atoms with van der Waals surface area (Å²) in [6, 6.07) is 0. The van der Waals surface area contributed by atoms with E-state index in [1.54, 1.807) is 0 Å². The molecule has 94 valence electrons. The Morgan fingerprint density at radius 1 is 1.41 bits per heavy atom. The van der Waals surface area contributed by atoms with Gasteiger partial charge in [0.2, 0.25) is 5.89 Å². The van der Waals surface area contributed by atoms with Gasteiger partial charge in [0.05, 0.1) is 5.25 Å². The molecular formula is C11H17N3OS2. The van der Waals surface area contributed by atoms with Gasteiger partial charge in [0.25, 0.3) is 0 Å². The van der Waals surface area contributed by atoms with E-state index < -0.39 is 0 Å². The summed E-state index contributed by atoms with van der Waals surface area (Å²) < 4.78 is 5.33. The summed E-state index contributed by atoms with van der Waals surface area (Å²) in [6.45, 7) is 0. The van der Waals surface area contributed by atoms with E-state index in [0.717, 1.165) is 36.7 Å². The Morgan fingerprint density at radius 3 is 2.94 bits per heavy atom. The minimum atomic E-state index is -0.0712. The predicted octanol–water partition coefficient (Wildman–Crippen LogP) is 2.01. The van der Waals surface area contributed by atoms with Crippen LogP contribution in [0.15, 0.2) is 4.52 Å². The second-order valence-electron chi connectivity index (χ2n) is 4.87. The summed E-state index contributed by atoms with van der Waals surface area (Å²) in [5.74, 6) is 5.09. The Labute approximate surface area is 109 Å². The van der Waals surface area contributed by atoms with Crippen LogP contribution in [0.3, 0.4) is 0 Å². The third kappa shape index (κ3) is 2.63. The van der Waals surface area contributed by atoms with Crippen molar-refractivity contribution in [1.82, 2.24) is 10.1 Å². The van der Waals surface area contributed by atoms with Gasteiger partial charge in [0, 0.05) is 29.2 Å². The molecule has 1 saturated carbocycles. The highest BCUT2D eigenvalue weighted by molar-refractivity contribution is 8.06. The van der Waals surface area contributed by atoms with E-state index in [9.17, 15) is 0 Å². The number of nitrogens with two attached hydrogens (primary N) is 1. The summed E-state index contributed by atoms with van der Waals surface area (Å²) in [5.41, 5.74) is 6.11. The van der Waals surface area contributed by atoms with Crippen LogP contribution in [-0.4, -0.2) is 32.9 Å². The molecule has 1 saturated heterocycles. The third-order valence-electron chi connectivity index (χ3n) is 3.44. The predicted molar refractivity (Wildman–Crippen MR) is 71.3 cm³/mol. The van der Waals surface area contributed by atoms with E-state index in [1.807, 2.05) is 23.5 Å². The first kappa shape index (κ1) is 11.9. The average molecular weight is 271 g/mol. The zero-order valence-electron chi connectivity index (χ0n) is 9.72. The molecular weight excluding hydrogens is 254 g/mol. The van der Waals surface area contributed by atoms with Crippen LogP contribution in [0.25, 0.3) is 0 Å². The van der Waals surface area contributed by atoms with Crippen molar-refractivity contribution in [2.45, 2.75) is 36.5 Å². The van der Waals surface area contributed by atoms with Crippen LogP contribution in [-0.2, 0) is 6.42 Å². The lowest BCUT2D eigenvalue weighted by Crippen LogP contribution is -2.48. The average Bonchev–Trinajstić information content (AvgIpc) is 2.77. The molecule has 2 aliphatic rings. The lowest BCUT2D eigenvalue weighted by Gasteiger charge is -2.36. The third-order valence-corrected chi connectivity index (χ3v) is 6.19. The molecule has 0 radical (unpaired) electrons. The standard InChI is InChI=1S/C11H17N3OS2/c12-11(2-1-3-11)6-9-13-10(14-15-9)8-7-16-4-5-17-8/h8H,1-7,12H2. The Hall–Kier alpha value is -0.200. The highest BCUT2D eigenvalue weighted by atomic mass is 32.2. The molecule has 17 heavy (non-hydrogen) atoms. The quantitative estimate of drug-likeness (QED) is 0.907. The van der Waals surface area contributed by atoms with Gasteiger partial charge in [-0.1, -0.05) is 5.16 Å². The number of hydrogen-bond acceptors (Lipinski definition) is 6. The fourth-order valence-corrected chi connectivity index (χ4v) is 4.81. The Morgan fingerprint density at radius 2 is 2.29 bits per heavy atom. The number of nitrogens with zero attached hydrogens (tertiary/aromatic N) is 2. The number of aromatic nitrogens is 2. The Bertz CT molecular complexity index is 386. The second-order valence-corrected chi connectivity index (χ2v) is 7.33. The van der Waals surface area contributed by atoms with Gasteiger partial charge < -0.3 is 10.3 Å². The van der Waals surface area contributed by atoms with Gasteiger partial charge in [-0.25, -0.2) is 0 Å². The summed E-state index contributed by atoms with van der Waals surface area (Å²) in [4.78, 5) is 4.51. The van der Waals surface area contributed by atoms with Gasteiger partial charge in [0.15, 0.2) is 5.82 Å². The molecule has 2 heterocycles. The lowest BCUT2D eigenvalue weighted by atomic mass is 9.75. The molecule has 0 amide bonds. The molecule has 1 aromatic heterocycles. The molecule has 1 aliphatic heterocycles. The van der Waals surface area contributed by atoms with Gasteiger partial charge >= 0.3 is 0 Å².